The van der Waals surface area contributed by atoms with E-state index in [2.05, 4.69) is 4.74 Å². The highest BCUT2D eigenvalue weighted by Crippen LogP contribution is 2.19. The summed E-state index contributed by atoms with van der Waals surface area (Å²) in [5.41, 5.74) is 0.917. The molecule has 0 fully saturated rings. The summed E-state index contributed by atoms with van der Waals surface area (Å²) in [6, 6.07) is 8.05. The van der Waals surface area contributed by atoms with E-state index in [0.717, 1.165) is 0 Å². The molecule has 0 aliphatic heterocycles. The summed E-state index contributed by atoms with van der Waals surface area (Å²) in [4.78, 5) is 23.4. The molecule has 4 nitrogen and oxygen atoms in total. The van der Waals surface area contributed by atoms with Crippen LogP contribution >= 0.6 is 11.6 Å². The number of benzene rings is 1. The molecule has 0 amide bonds. The maximum absolute atomic E-state index is 11.9. The lowest BCUT2D eigenvalue weighted by molar-refractivity contribution is 0.0600. The van der Waals surface area contributed by atoms with Crippen LogP contribution in [0.4, 0.5) is 0 Å². The van der Waals surface area contributed by atoms with Gasteiger partial charge in [-0.1, -0.05) is 17.7 Å². The lowest BCUT2D eigenvalue weighted by atomic mass is 10.0. The first kappa shape index (κ1) is 13.4. The van der Waals surface area contributed by atoms with Gasteiger partial charge in [-0.15, -0.1) is 0 Å². The molecule has 19 heavy (non-hydrogen) atoms. The minimum atomic E-state index is -0.530. The molecule has 0 saturated carbocycles. The fourth-order valence-corrected chi connectivity index (χ4v) is 1.85. The minimum Gasteiger partial charge on any atom is -0.465 e. The van der Waals surface area contributed by atoms with Gasteiger partial charge in [-0.25, -0.2) is 4.79 Å². The van der Waals surface area contributed by atoms with Gasteiger partial charge in [-0.3, -0.25) is 4.79 Å². The number of rotatable bonds is 4. The maximum Gasteiger partial charge on any atom is 0.339 e. The topological polar surface area (TPSA) is 56.5 Å². The van der Waals surface area contributed by atoms with Gasteiger partial charge < -0.3 is 9.15 Å². The Hall–Kier alpha value is -2.07. The Morgan fingerprint density at radius 1 is 1.32 bits per heavy atom. The molecule has 0 atom stereocenters. The van der Waals surface area contributed by atoms with E-state index < -0.39 is 5.97 Å². The smallest absolute Gasteiger partial charge is 0.339 e. The number of halogens is 1. The molecule has 0 bridgehead atoms. The molecule has 2 aromatic rings. The molecule has 5 heteroatoms. The van der Waals surface area contributed by atoms with Crippen molar-refractivity contribution >= 4 is 23.4 Å². The van der Waals surface area contributed by atoms with E-state index in [1.54, 1.807) is 30.3 Å². The summed E-state index contributed by atoms with van der Waals surface area (Å²) >= 11 is 5.90. The van der Waals surface area contributed by atoms with E-state index in [0.29, 0.717) is 10.6 Å². The molecular weight excluding hydrogens is 268 g/mol. The zero-order valence-electron chi connectivity index (χ0n) is 10.2. The SMILES string of the molecule is COC(=O)c1cc(CC(=O)c2ccco2)ccc1Cl. The van der Waals surface area contributed by atoms with Crippen LogP contribution in [0.25, 0.3) is 0 Å². The van der Waals surface area contributed by atoms with Crippen molar-refractivity contribution in [2.45, 2.75) is 6.42 Å². The van der Waals surface area contributed by atoms with Crippen LogP contribution in [0.5, 0.6) is 0 Å². The van der Waals surface area contributed by atoms with Crippen LogP contribution in [0, 0.1) is 0 Å². The number of carbonyl (C=O) groups excluding carboxylic acids is 2. The standard InChI is InChI=1S/C14H11ClO4/c1-18-14(17)10-7-9(4-5-11(10)15)8-12(16)13-3-2-6-19-13/h2-7H,8H2,1H3. The van der Waals surface area contributed by atoms with Crippen molar-refractivity contribution in [1.29, 1.82) is 0 Å². The third-order valence-corrected chi connectivity index (χ3v) is 2.93. The molecule has 0 aliphatic carbocycles. The van der Waals surface area contributed by atoms with E-state index in [1.807, 2.05) is 0 Å². The molecule has 0 unspecified atom stereocenters. The van der Waals surface area contributed by atoms with Crippen LogP contribution in [0.15, 0.2) is 41.0 Å². The number of furan rings is 1. The quantitative estimate of drug-likeness (QED) is 0.637. The van der Waals surface area contributed by atoms with Crippen molar-refractivity contribution < 1.29 is 18.7 Å². The Balaban J connectivity index is 2.22. The van der Waals surface area contributed by atoms with Crippen LogP contribution in [0.1, 0.15) is 26.5 Å². The number of hydrogen-bond acceptors (Lipinski definition) is 4. The number of carbonyl (C=O) groups is 2. The van der Waals surface area contributed by atoms with Gasteiger partial charge >= 0.3 is 5.97 Å². The molecule has 1 aromatic heterocycles. The van der Waals surface area contributed by atoms with Gasteiger partial charge in [0.1, 0.15) is 0 Å². The average molecular weight is 279 g/mol. The number of esters is 1. The molecule has 0 N–H and O–H groups in total. The Labute approximate surface area is 114 Å². The largest absolute Gasteiger partial charge is 0.465 e. The first-order valence-electron chi connectivity index (χ1n) is 5.55. The normalized spacial score (nSPS) is 10.2. The van der Waals surface area contributed by atoms with Crippen LogP contribution < -0.4 is 0 Å². The van der Waals surface area contributed by atoms with Gasteiger partial charge in [-0.05, 0) is 29.8 Å². The second kappa shape index (κ2) is 5.71. The molecule has 98 valence electrons. The fraction of sp³-hybridized carbons (Fsp3) is 0.143. The van der Waals surface area contributed by atoms with Crippen LogP contribution in [-0.2, 0) is 11.2 Å². The van der Waals surface area contributed by atoms with Crippen molar-refractivity contribution in [3.63, 3.8) is 0 Å². The number of ether oxygens (including phenoxy) is 1. The van der Waals surface area contributed by atoms with E-state index in [1.165, 1.54) is 13.4 Å². The molecular formula is C14H11ClO4. The van der Waals surface area contributed by atoms with Crippen molar-refractivity contribution in [2.24, 2.45) is 0 Å². The summed E-state index contributed by atoms with van der Waals surface area (Å²) in [6.07, 6.45) is 1.57. The van der Waals surface area contributed by atoms with Crippen molar-refractivity contribution in [3.05, 3.63) is 58.5 Å². The van der Waals surface area contributed by atoms with Gasteiger partial charge in [0.15, 0.2) is 5.76 Å². The summed E-state index contributed by atoms with van der Waals surface area (Å²) in [5, 5.41) is 0.293. The highest BCUT2D eigenvalue weighted by molar-refractivity contribution is 6.33. The third kappa shape index (κ3) is 3.03. The summed E-state index contributed by atoms with van der Waals surface area (Å²) in [6.45, 7) is 0. The highest BCUT2D eigenvalue weighted by Gasteiger charge is 2.14. The van der Waals surface area contributed by atoms with E-state index in [-0.39, 0.29) is 23.5 Å². The van der Waals surface area contributed by atoms with Gasteiger partial charge in [0.05, 0.1) is 24.0 Å². The van der Waals surface area contributed by atoms with Gasteiger partial charge in [-0.2, -0.15) is 0 Å². The number of methoxy groups -OCH3 is 1. The fourth-order valence-electron chi connectivity index (χ4n) is 1.66. The van der Waals surface area contributed by atoms with Crippen LogP contribution in [0.2, 0.25) is 5.02 Å². The van der Waals surface area contributed by atoms with Gasteiger partial charge in [0, 0.05) is 6.42 Å². The Bertz CT molecular complexity index is 602. The van der Waals surface area contributed by atoms with Gasteiger partial charge in [0.25, 0.3) is 0 Å². The minimum absolute atomic E-state index is 0.134. The van der Waals surface area contributed by atoms with E-state index in [4.69, 9.17) is 16.0 Å². The average Bonchev–Trinajstić information content (AvgIpc) is 2.94. The number of ketones is 1. The monoisotopic (exact) mass is 278 g/mol. The summed E-state index contributed by atoms with van der Waals surface area (Å²) in [7, 11) is 1.28. The third-order valence-electron chi connectivity index (χ3n) is 2.60. The predicted molar refractivity (Wildman–Crippen MR) is 69.5 cm³/mol. The lowest BCUT2D eigenvalue weighted by Crippen LogP contribution is -2.06. The molecule has 1 heterocycles. The number of hydrogen-bond donors (Lipinski definition) is 0. The molecule has 0 spiro atoms. The molecule has 0 saturated heterocycles. The molecule has 0 aliphatic rings. The molecule has 1 aromatic carbocycles. The zero-order chi connectivity index (χ0) is 13.8. The summed E-state index contributed by atoms with van der Waals surface area (Å²) in [5.74, 6) is -0.407. The van der Waals surface area contributed by atoms with E-state index >= 15 is 0 Å². The molecule has 0 radical (unpaired) electrons. The Morgan fingerprint density at radius 2 is 2.11 bits per heavy atom. The summed E-state index contributed by atoms with van der Waals surface area (Å²) < 4.78 is 9.65. The Kier molecular flexibility index (Phi) is 4.02. The van der Waals surface area contributed by atoms with Crippen molar-refractivity contribution in [2.75, 3.05) is 7.11 Å². The second-order valence-corrected chi connectivity index (χ2v) is 4.29. The first-order valence-corrected chi connectivity index (χ1v) is 5.93. The van der Waals surface area contributed by atoms with E-state index in [9.17, 15) is 9.59 Å². The highest BCUT2D eigenvalue weighted by atomic mass is 35.5. The number of Topliss-reactive ketones (excluding diaryl/α,β-unsaturated/α-hetero) is 1. The lowest BCUT2D eigenvalue weighted by Gasteiger charge is -2.05. The molecule has 2 rings (SSSR count). The first-order chi connectivity index (χ1) is 9.11. The maximum atomic E-state index is 11.9. The van der Waals surface area contributed by atoms with Crippen LogP contribution in [0.3, 0.4) is 0 Å². The van der Waals surface area contributed by atoms with Gasteiger partial charge in [0.2, 0.25) is 5.78 Å². The van der Waals surface area contributed by atoms with Crippen molar-refractivity contribution in [3.8, 4) is 0 Å². The zero-order valence-corrected chi connectivity index (χ0v) is 10.9. The Morgan fingerprint density at radius 3 is 2.74 bits per heavy atom. The van der Waals surface area contributed by atoms with Crippen molar-refractivity contribution in [1.82, 2.24) is 0 Å². The van der Waals surface area contributed by atoms with Crippen LogP contribution in [-0.4, -0.2) is 18.9 Å². The second-order valence-electron chi connectivity index (χ2n) is 3.88. The predicted octanol–water partition coefficient (Wildman–Crippen LogP) is 3.15.